The van der Waals surface area contributed by atoms with E-state index in [2.05, 4.69) is 0 Å². The lowest BCUT2D eigenvalue weighted by atomic mass is 10.1. The van der Waals surface area contributed by atoms with Crippen LogP contribution in [0.25, 0.3) is 0 Å². The van der Waals surface area contributed by atoms with Crippen LogP contribution >= 0.6 is 12.2 Å². The molecule has 0 bridgehead atoms. The number of imidazole rings is 1. The molecule has 0 spiro atoms. The van der Waals surface area contributed by atoms with E-state index in [0.29, 0.717) is 11.1 Å². The maximum absolute atomic E-state index is 13.2. The average molecular weight is 265 g/mol. The molecular formula is C12H12FN3OS. The van der Waals surface area contributed by atoms with Crippen LogP contribution < -0.4 is 11.4 Å². The van der Waals surface area contributed by atoms with Gasteiger partial charge in [-0.1, -0.05) is 12.2 Å². The number of rotatable bonds is 3. The van der Waals surface area contributed by atoms with Gasteiger partial charge < -0.3 is 10.3 Å². The van der Waals surface area contributed by atoms with Crippen LogP contribution in [0.15, 0.2) is 35.4 Å². The van der Waals surface area contributed by atoms with Crippen molar-refractivity contribution >= 4 is 17.2 Å². The number of hydrogen-bond donors (Lipinski definition) is 1. The van der Waals surface area contributed by atoms with Gasteiger partial charge in [-0.25, -0.2) is 9.18 Å². The standard InChI is InChI=1S/C12H12FN3OS/c1-15-4-5-16(12(15)17)7-8-6-9(13)2-3-10(8)11(14)18/h2-6H,7H2,1H3,(H2,14,18). The predicted molar refractivity (Wildman–Crippen MR) is 71.1 cm³/mol. The van der Waals surface area contributed by atoms with E-state index in [1.165, 1.54) is 27.3 Å². The van der Waals surface area contributed by atoms with Crippen LogP contribution in [0.4, 0.5) is 4.39 Å². The summed E-state index contributed by atoms with van der Waals surface area (Å²) in [6, 6.07) is 4.17. The number of thiocarbonyl (C=S) groups is 1. The molecule has 0 radical (unpaired) electrons. The highest BCUT2D eigenvalue weighted by atomic mass is 32.1. The van der Waals surface area contributed by atoms with Crippen LogP contribution in [0.1, 0.15) is 11.1 Å². The van der Waals surface area contributed by atoms with Gasteiger partial charge in [-0.2, -0.15) is 0 Å². The summed E-state index contributed by atoms with van der Waals surface area (Å²) in [4.78, 5) is 11.9. The van der Waals surface area contributed by atoms with Gasteiger partial charge in [0.1, 0.15) is 10.8 Å². The predicted octanol–water partition coefficient (Wildman–Crippen LogP) is 1.01. The van der Waals surface area contributed by atoms with Gasteiger partial charge in [0.05, 0.1) is 6.54 Å². The molecule has 0 saturated heterocycles. The van der Waals surface area contributed by atoms with E-state index in [0.717, 1.165) is 0 Å². The number of aromatic nitrogens is 2. The molecule has 0 unspecified atom stereocenters. The third-order valence-corrected chi connectivity index (χ3v) is 2.91. The van der Waals surface area contributed by atoms with Crippen molar-refractivity contribution in [1.29, 1.82) is 0 Å². The smallest absolute Gasteiger partial charge is 0.328 e. The van der Waals surface area contributed by atoms with E-state index >= 15 is 0 Å². The fourth-order valence-electron chi connectivity index (χ4n) is 1.75. The minimum absolute atomic E-state index is 0.173. The third kappa shape index (κ3) is 2.33. The lowest BCUT2D eigenvalue weighted by Gasteiger charge is -2.08. The lowest BCUT2D eigenvalue weighted by molar-refractivity contribution is 0.622. The highest BCUT2D eigenvalue weighted by Crippen LogP contribution is 2.12. The van der Waals surface area contributed by atoms with E-state index in [-0.39, 0.29) is 23.0 Å². The van der Waals surface area contributed by atoms with E-state index in [4.69, 9.17) is 18.0 Å². The summed E-state index contributed by atoms with van der Waals surface area (Å²) < 4.78 is 16.2. The number of hydrogen-bond acceptors (Lipinski definition) is 2. The topological polar surface area (TPSA) is 52.9 Å². The summed E-state index contributed by atoms with van der Waals surface area (Å²) in [5, 5.41) is 0. The first-order chi connectivity index (χ1) is 8.49. The summed E-state index contributed by atoms with van der Waals surface area (Å²) in [6.07, 6.45) is 3.28. The summed E-state index contributed by atoms with van der Waals surface area (Å²) >= 11 is 4.91. The summed E-state index contributed by atoms with van der Waals surface area (Å²) in [5.41, 5.74) is 6.58. The van der Waals surface area contributed by atoms with Crippen molar-refractivity contribution in [3.63, 3.8) is 0 Å². The minimum Gasteiger partial charge on any atom is -0.389 e. The Morgan fingerprint density at radius 3 is 2.72 bits per heavy atom. The molecule has 94 valence electrons. The second kappa shape index (κ2) is 4.73. The molecule has 1 aromatic heterocycles. The van der Waals surface area contributed by atoms with E-state index in [1.807, 2.05) is 0 Å². The number of halogens is 1. The quantitative estimate of drug-likeness (QED) is 0.843. The van der Waals surface area contributed by atoms with Gasteiger partial charge in [0, 0.05) is 25.0 Å². The fourth-order valence-corrected chi connectivity index (χ4v) is 1.95. The molecule has 6 heteroatoms. The molecule has 0 amide bonds. The zero-order valence-electron chi connectivity index (χ0n) is 9.76. The number of aryl methyl sites for hydroxylation is 1. The van der Waals surface area contributed by atoms with Gasteiger partial charge in [0.2, 0.25) is 0 Å². The Balaban J connectivity index is 2.45. The molecule has 0 aliphatic carbocycles. The third-order valence-electron chi connectivity index (χ3n) is 2.69. The summed E-state index contributed by atoms with van der Waals surface area (Å²) in [7, 11) is 1.65. The molecule has 2 N–H and O–H groups in total. The Morgan fingerprint density at radius 1 is 1.44 bits per heavy atom. The van der Waals surface area contributed by atoms with Crippen molar-refractivity contribution in [2.45, 2.75) is 6.54 Å². The van der Waals surface area contributed by atoms with Gasteiger partial charge in [0.25, 0.3) is 0 Å². The largest absolute Gasteiger partial charge is 0.389 e. The number of nitrogens with two attached hydrogens (primary N) is 1. The maximum Gasteiger partial charge on any atom is 0.328 e. The Hall–Kier alpha value is -1.95. The molecule has 2 aromatic rings. The Kier molecular flexibility index (Phi) is 3.29. The van der Waals surface area contributed by atoms with Crippen LogP contribution in [0, 0.1) is 5.82 Å². The lowest BCUT2D eigenvalue weighted by Crippen LogP contribution is -2.23. The fraction of sp³-hybridized carbons (Fsp3) is 0.167. The molecule has 1 heterocycles. The van der Waals surface area contributed by atoms with Crippen LogP contribution in [0.3, 0.4) is 0 Å². The van der Waals surface area contributed by atoms with Gasteiger partial charge in [-0.3, -0.25) is 4.57 Å². The second-order valence-electron chi connectivity index (χ2n) is 3.99. The molecule has 4 nitrogen and oxygen atoms in total. The monoisotopic (exact) mass is 265 g/mol. The van der Waals surface area contributed by atoms with Crippen LogP contribution in [0.5, 0.6) is 0 Å². The molecular weight excluding hydrogens is 253 g/mol. The first-order valence-electron chi connectivity index (χ1n) is 5.29. The molecule has 18 heavy (non-hydrogen) atoms. The average Bonchev–Trinajstić information content (AvgIpc) is 2.61. The molecule has 0 fully saturated rings. The van der Waals surface area contributed by atoms with Crippen molar-refractivity contribution in [2.24, 2.45) is 12.8 Å². The van der Waals surface area contributed by atoms with E-state index in [1.54, 1.807) is 19.4 Å². The molecule has 0 aliphatic heterocycles. The summed E-state index contributed by atoms with van der Waals surface area (Å²) in [5.74, 6) is -0.381. The van der Waals surface area contributed by atoms with Crippen molar-refractivity contribution in [3.05, 3.63) is 58.0 Å². The Labute approximate surface area is 108 Å². The zero-order valence-corrected chi connectivity index (χ0v) is 10.6. The number of nitrogens with zero attached hydrogens (tertiary/aromatic N) is 2. The van der Waals surface area contributed by atoms with Crippen LogP contribution in [-0.4, -0.2) is 14.1 Å². The van der Waals surface area contributed by atoms with Crippen molar-refractivity contribution in [2.75, 3.05) is 0 Å². The van der Waals surface area contributed by atoms with Crippen LogP contribution in [0.2, 0.25) is 0 Å². The highest BCUT2D eigenvalue weighted by molar-refractivity contribution is 7.80. The zero-order chi connectivity index (χ0) is 13.3. The molecule has 0 atom stereocenters. The highest BCUT2D eigenvalue weighted by Gasteiger charge is 2.09. The maximum atomic E-state index is 13.2. The molecule has 1 aromatic carbocycles. The van der Waals surface area contributed by atoms with Gasteiger partial charge >= 0.3 is 5.69 Å². The first kappa shape index (κ1) is 12.5. The number of benzene rings is 1. The minimum atomic E-state index is -0.381. The first-order valence-corrected chi connectivity index (χ1v) is 5.70. The van der Waals surface area contributed by atoms with E-state index in [9.17, 15) is 9.18 Å². The Bertz CT molecular complexity index is 660. The SMILES string of the molecule is Cn1ccn(Cc2cc(F)ccc2C(N)=S)c1=O. The molecule has 2 rings (SSSR count). The normalized spacial score (nSPS) is 10.6. The van der Waals surface area contributed by atoms with E-state index < -0.39 is 0 Å². The van der Waals surface area contributed by atoms with Crippen molar-refractivity contribution < 1.29 is 4.39 Å². The summed E-state index contributed by atoms with van der Waals surface area (Å²) in [6.45, 7) is 0.240. The second-order valence-corrected chi connectivity index (χ2v) is 4.43. The van der Waals surface area contributed by atoms with Gasteiger partial charge in [-0.15, -0.1) is 0 Å². The van der Waals surface area contributed by atoms with Crippen molar-refractivity contribution in [1.82, 2.24) is 9.13 Å². The van der Waals surface area contributed by atoms with Gasteiger partial charge in [0.15, 0.2) is 0 Å². The van der Waals surface area contributed by atoms with Crippen LogP contribution in [-0.2, 0) is 13.6 Å². The molecule has 0 saturated carbocycles. The molecule has 0 aliphatic rings. The van der Waals surface area contributed by atoms with Gasteiger partial charge in [-0.05, 0) is 23.8 Å². The Morgan fingerprint density at radius 2 is 2.17 bits per heavy atom. The van der Waals surface area contributed by atoms with Crippen molar-refractivity contribution in [3.8, 4) is 0 Å².